The number of nitrogens with zero attached hydrogens (tertiary/aromatic N) is 1. The SMILES string of the molecule is CCN(C)CC(NN)C(C)(C)C. The maximum absolute atomic E-state index is 5.49. The first kappa shape index (κ1) is 11.9. The third-order valence-corrected chi connectivity index (χ3v) is 2.28. The molecule has 12 heavy (non-hydrogen) atoms. The zero-order chi connectivity index (χ0) is 9.78. The van der Waals surface area contributed by atoms with Crippen LogP contribution < -0.4 is 11.3 Å². The lowest BCUT2D eigenvalue weighted by atomic mass is 9.87. The molecule has 1 unspecified atom stereocenters. The van der Waals surface area contributed by atoms with E-state index in [1.165, 1.54) is 0 Å². The predicted octanol–water partition coefficient (Wildman–Crippen LogP) is 0.816. The highest BCUT2D eigenvalue weighted by atomic mass is 15.3. The summed E-state index contributed by atoms with van der Waals surface area (Å²) in [5.74, 6) is 5.49. The first-order valence-corrected chi connectivity index (χ1v) is 4.56. The molecule has 0 rings (SSSR count). The summed E-state index contributed by atoms with van der Waals surface area (Å²) >= 11 is 0. The molecule has 0 radical (unpaired) electrons. The third-order valence-electron chi connectivity index (χ3n) is 2.28. The first-order valence-electron chi connectivity index (χ1n) is 4.56. The van der Waals surface area contributed by atoms with Crippen LogP contribution in [0.25, 0.3) is 0 Å². The summed E-state index contributed by atoms with van der Waals surface area (Å²) in [6, 6.07) is 0.349. The molecule has 1 atom stereocenters. The minimum Gasteiger partial charge on any atom is -0.305 e. The molecule has 0 bridgehead atoms. The summed E-state index contributed by atoms with van der Waals surface area (Å²) < 4.78 is 0. The Kier molecular flexibility index (Phi) is 4.75. The summed E-state index contributed by atoms with van der Waals surface area (Å²) in [6.07, 6.45) is 0. The number of hydrogen-bond acceptors (Lipinski definition) is 3. The molecule has 0 aliphatic rings. The minimum atomic E-state index is 0.220. The lowest BCUT2D eigenvalue weighted by molar-refractivity contribution is 0.200. The predicted molar refractivity (Wildman–Crippen MR) is 53.7 cm³/mol. The smallest absolute Gasteiger partial charge is 0.0386 e. The highest BCUT2D eigenvalue weighted by Gasteiger charge is 2.23. The Balaban J connectivity index is 4.00. The molecule has 74 valence electrons. The van der Waals surface area contributed by atoms with Gasteiger partial charge in [0, 0.05) is 12.6 Å². The molecule has 0 aromatic carbocycles. The van der Waals surface area contributed by atoms with Crippen molar-refractivity contribution in [3.63, 3.8) is 0 Å². The minimum absolute atomic E-state index is 0.220. The Bertz CT molecular complexity index is 117. The van der Waals surface area contributed by atoms with Crippen LogP contribution in [0.15, 0.2) is 0 Å². The van der Waals surface area contributed by atoms with Gasteiger partial charge < -0.3 is 4.90 Å². The van der Waals surface area contributed by atoms with Crippen molar-refractivity contribution in [2.24, 2.45) is 11.3 Å². The molecule has 3 nitrogen and oxygen atoms in total. The topological polar surface area (TPSA) is 41.3 Å². The van der Waals surface area contributed by atoms with E-state index < -0.39 is 0 Å². The van der Waals surface area contributed by atoms with Crippen LogP contribution in [0.1, 0.15) is 27.7 Å². The summed E-state index contributed by atoms with van der Waals surface area (Å²) in [5, 5.41) is 0. The number of rotatable bonds is 4. The van der Waals surface area contributed by atoms with Crippen molar-refractivity contribution in [3.8, 4) is 0 Å². The quantitative estimate of drug-likeness (QED) is 0.488. The van der Waals surface area contributed by atoms with Crippen LogP contribution in [0.2, 0.25) is 0 Å². The zero-order valence-corrected chi connectivity index (χ0v) is 9.02. The summed E-state index contributed by atoms with van der Waals surface area (Å²) in [5.41, 5.74) is 3.09. The molecule has 0 saturated carbocycles. The number of hydrogen-bond donors (Lipinski definition) is 2. The molecule has 0 amide bonds. The van der Waals surface area contributed by atoms with Gasteiger partial charge >= 0.3 is 0 Å². The Morgan fingerprint density at radius 1 is 1.42 bits per heavy atom. The second-order valence-corrected chi connectivity index (χ2v) is 4.44. The highest BCUT2D eigenvalue weighted by molar-refractivity contribution is 4.80. The molecule has 0 spiro atoms. The Hall–Kier alpha value is -0.120. The monoisotopic (exact) mass is 173 g/mol. The fourth-order valence-corrected chi connectivity index (χ4v) is 1.02. The maximum atomic E-state index is 5.49. The molecule has 0 fully saturated rings. The van der Waals surface area contributed by atoms with Crippen molar-refractivity contribution in [1.82, 2.24) is 10.3 Å². The van der Waals surface area contributed by atoms with Gasteiger partial charge in [0.15, 0.2) is 0 Å². The molecular weight excluding hydrogens is 150 g/mol. The molecular formula is C9H23N3. The van der Waals surface area contributed by atoms with Gasteiger partial charge in [0.1, 0.15) is 0 Å². The van der Waals surface area contributed by atoms with Crippen LogP contribution >= 0.6 is 0 Å². The summed E-state index contributed by atoms with van der Waals surface area (Å²) in [7, 11) is 2.11. The van der Waals surface area contributed by atoms with E-state index in [4.69, 9.17) is 5.84 Å². The van der Waals surface area contributed by atoms with Crippen LogP contribution in [0.3, 0.4) is 0 Å². The zero-order valence-electron chi connectivity index (χ0n) is 9.02. The van der Waals surface area contributed by atoms with Gasteiger partial charge in [-0.2, -0.15) is 0 Å². The van der Waals surface area contributed by atoms with Gasteiger partial charge in [-0.15, -0.1) is 0 Å². The lowest BCUT2D eigenvalue weighted by Gasteiger charge is -2.32. The summed E-state index contributed by atoms with van der Waals surface area (Å²) in [4.78, 5) is 2.26. The van der Waals surface area contributed by atoms with Crippen molar-refractivity contribution in [3.05, 3.63) is 0 Å². The van der Waals surface area contributed by atoms with Gasteiger partial charge in [-0.25, -0.2) is 0 Å². The van der Waals surface area contributed by atoms with Crippen LogP contribution in [0.5, 0.6) is 0 Å². The van der Waals surface area contributed by atoms with Crippen molar-refractivity contribution in [2.75, 3.05) is 20.1 Å². The fourth-order valence-electron chi connectivity index (χ4n) is 1.02. The molecule has 0 saturated heterocycles. The highest BCUT2D eigenvalue weighted by Crippen LogP contribution is 2.18. The average molecular weight is 173 g/mol. The second-order valence-electron chi connectivity index (χ2n) is 4.44. The Morgan fingerprint density at radius 2 is 1.92 bits per heavy atom. The lowest BCUT2D eigenvalue weighted by Crippen LogP contribution is -2.50. The van der Waals surface area contributed by atoms with Gasteiger partial charge in [0.2, 0.25) is 0 Å². The van der Waals surface area contributed by atoms with Crippen molar-refractivity contribution in [2.45, 2.75) is 33.7 Å². The van der Waals surface area contributed by atoms with Gasteiger partial charge in [-0.05, 0) is 19.0 Å². The summed E-state index contributed by atoms with van der Waals surface area (Å²) in [6.45, 7) is 10.8. The third kappa shape index (κ3) is 4.04. The number of likely N-dealkylation sites (N-methyl/N-ethyl adjacent to an activating group) is 1. The normalized spacial score (nSPS) is 15.2. The number of nitrogens with two attached hydrogens (primary N) is 1. The molecule has 0 aromatic rings. The van der Waals surface area contributed by atoms with Crippen LogP contribution in [0, 0.1) is 5.41 Å². The van der Waals surface area contributed by atoms with Crippen molar-refractivity contribution < 1.29 is 0 Å². The van der Waals surface area contributed by atoms with E-state index in [1.54, 1.807) is 0 Å². The van der Waals surface area contributed by atoms with Crippen LogP contribution in [-0.4, -0.2) is 31.1 Å². The van der Waals surface area contributed by atoms with Crippen molar-refractivity contribution >= 4 is 0 Å². The fraction of sp³-hybridized carbons (Fsp3) is 1.00. The largest absolute Gasteiger partial charge is 0.305 e. The Labute approximate surface area is 76.3 Å². The molecule has 0 aliphatic heterocycles. The molecule has 3 N–H and O–H groups in total. The van der Waals surface area contributed by atoms with Gasteiger partial charge in [0.05, 0.1) is 0 Å². The van der Waals surface area contributed by atoms with Crippen LogP contribution in [-0.2, 0) is 0 Å². The molecule has 0 heterocycles. The second kappa shape index (κ2) is 4.80. The Morgan fingerprint density at radius 3 is 2.17 bits per heavy atom. The van der Waals surface area contributed by atoms with E-state index >= 15 is 0 Å². The average Bonchev–Trinajstić information content (AvgIpc) is 1.97. The van der Waals surface area contributed by atoms with E-state index in [0.29, 0.717) is 6.04 Å². The number of hydrazine groups is 1. The van der Waals surface area contributed by atoms with E-state index in [0.717, 1.165) is 13.1 Å². The molecule has 3 heteroatoms. The van der Waals surface area contributed by atoms with E-state index in [1.807, 2.05) is 0 Å². The standard InChI is InChI=1S/C9H23N3/c1-6-12(5)7-8(11-10)9(2,3)4/h8,11H,6-7,10H2,1-5H3. The van der Waals surface area contributed by atoms with E-state index in [2.05, 4.69) is 45.1 Å². The van der Waals surface area contributed by atoms with Gasteiger partial charge in [-0.3, -0.25) is 11.3 Å². The van der Waals surface area contributed by atoms with Gasteiger partial charge in [0.25, 0.3) is 0 Å². The molecule has 0 aromatic heterocycles. The number of nitrogens with one attached hydrogen (secondary N) is 1. The van der Waals surface area contributed by atoms with E-state index in [9.17, 15) is 0 Å². The van der Waals surface area contributed by atoms with Crippen LogP contribution in [0.4, 0.5) is 0 Å². The molecule has 0 aliphatic carbocycles. The van der Waals surface area contributed by atoms with Gasteiger partial charge in [-0.1, -0.05) is 27.7 Å². The van der Waals surface area contributed by atoms with Crippen molar-refractivity contribution in [1.29, 1.82) is 0 Å². The maximum Gasteiger partial charge on any atom is 0.0386 e. The van der Waals surface area contributed by atoms with E-state index in [-0.39, 0.29) is 5.41 Å². The first-order chi connectivity index (χ1) is 5.41.